The summed E-state index contributed by atoms with van der Waals surface area (Å²) in [4.78, 5) is 2.55. The van der Waals surface area contributed by atoms with Gasteiger partial charge in [0.15, 0.2) is 0 Å². The number of benzene rings is 12. The Morgan fingerprint density at radius 3 is 1.33 bits per heavy atom. The first-order valence-corrected chi connectivity index (χ1v) is 25.5. The molecule has 0 amide bonds. The summed E-state index contributed by atoms with van der Waals surface area (Å²) in [6, 6.07) is 107. The van der Waals surface area contributed by atoms with Gasteiger partial charge in [-0.2, -0.15) is 0 Å². The highest BCUT2D eigenvalue weighted by atomic mass is 15.1. The molecule has 0 radical (unpaired) electrons. The van der Waals surface area contributed by atoms with E-state index in [1.807, 2.05) is 0 Å². The quantitative estimate of drug-likeness (QED) is 0.154. The van der Waals surface area contributed by atoms with E-state index in [-0.39, 0.29) is 0 Å². The fraction of sp³-hybridized carbons (Fsp3) is 0.0278. The summed E-state index contributed by atoms with van der Waals surface area (Å²) in [6.07, 6.45) is 0. The predicted octanol–water partition coefficient (Wildman–Crippen LogP) is 18.4. The van der Waals surface area contributed by atoms with Crippen LogP contribution in [0.5, 0.6) is 0 Å². The number of hydrogen-bond donors (Lipinski definition) is 0. The first kappa shape index (κ1) is 41.5. The molecule has 1 heteroatoms. The summed E-state index contributed by atoms with van der Waals surface area (Å²) >= 11 is 0. The molecule has 12 aromatic carbocycles. The fourth-order valence-electron chi connectivity index (χ4n) is 13.5. The van der Waals surface area contributed by atoms with Gasteiger partial charge in [-0.3, -0.25) is 0 Å². The molecule has 15 rings (SSSR count). The fourth-order valence-corrected chi connectivity index (χ4v) is 13.5. The maximum absolute atomic E-state index is 2.55. The third-order valence-corrected chi connectivity index (χ3v) is 16.3. The first-order chi connectivity index (χ1) is 36.2. The van der Waals surface area contributed by atoms with Crippen molar-refractivity contribution >= 4 is 27.8 Å². The van der Waals surface area contributed by atoms with Crippen LogP contribution in [0.25, 0.3) is 66.4 Å². The average molecular weight is 926 g/mol. The molecule has 0 saturated heterocycles. The number of rotatable bonds is 7. The lowest BCUT2D eigenvalue weighted by atomic mass is 9.61. The van der Waals surface area contributed by atoms with Crippen LogP contribution in [0.3, 0.4) is 0 Å². The van der Waals surface area contributed by atoms with Gasteiger partial charge in [0.25, 0.3) is 0 Å². The molecule has 0 fully saturated rings. The van der Waals surface area contributed by atoms with Crippen LogP contribution >= 0.6 is 0 Å². The molecule has 0 N–H and O–H groups in total. The average Bonchev–Trinajstić information content (AvgIpc) is 3.93. The van der Waals surface area contributed by atoms with Crippen molar-refractivity contribution in [1.82, 2.24) is 0 Å². The van der Waals surface area contributed by atoms with Crippen molar-refractivity contribution in [1.29, 1.82) is 0 Å². The Morgan fingerprint density at radius 2 is 0.671 bits per heavy atom. The molecule has 1 nitrogen and oxygen atoms in total. The van der Waals surface area contributed by atoms with Gasteiger partial charge in [0.1, 0.15) is 0 Å². The Labute approximate surface area is 426 Å². The van der Waals surface area contributed by atoms with Gasteiger partial charge in [0, 0.05) is 16.9 Å². The van der Waals surface area contributed by atoms with Gasteiger partial charge in [-0.05, 0) is 136 Å². The number of fused-ring (bicyclic) bond motifs is 12. The molecular formula is C72H47N. The van der Waals surface area contributed by atoms with Crippen molar-refractivity contribution in [3.8, 4) is 55.6 Å². The lowest BCUT2D eigenvalue weighted by Gasteiger charge is -2.40. The van der Waals surface area contributed by atoms with Crippen LogP contribution in [0.1, 0.15) is 44.5 Å². The zero-order chi connectivity index (χ0) is 48.1. The number of para-hydroxylation sites is 1. The smallest absolute Gasteiger partial charge is 0.0726 e. The highest BCUT2D eigenvalue weighted by Gasteiger charge is 2.51. The van der Waals surface area contributed by atoms with Crippen molar-refractivity contribution in [2.75, 3.05) is 4.90 Å². The van der Waals surface area contributed by atoms with Crippen LogP contribution in [-0.2, 0) is 10.8 Å². The van der Waals surface area contributed by atoms with Crippen LogP contribution < -0.4 is 4.90 Å². The summed E-state index contributed by atoms with van der Waals surface area (Å²) in [5, 5.41) is 2.58. The molecule has 0 heterocycles. The van der Waals surface area contributed by atoms with Crippen molar-refractivity contribution in [3.05, 3.63) is 330 Å². The van der Waals surface area contributed by atoms with Crippen molar-refractivity contribution in [2.24, 2.45) is 0 Å². The summed E-state index contributed by atoms with van der Waals surface area (Å²) in [5.41, 5.74) is 24.9. The maximum Gasteiger partial charge on any atom is 0.0726 e. The second-order valence-electron chi connectivity index (χ2n) is 19.8. The lowest BCUT2D eigenvalue weighted by Crippen LogP contribution is -2.32. The standard InChI is InChI=1S/C72H47N/c1-5-22-48(23-6-1)55-32-15-18-41-68(55)73(53-42-44-59-57-33-13-16-37-62(57)71(66(59)46-53,51-28-9-3-10-29-51)52-30-11-4-12-31-52)54-43-45-61-67(47-54)72(65-40-21-35-56(70(61)65)49-24-7-2-8-25-49)63-38-17-14-34-58(63)60-36-19-26-50-27-20-39-64(72)69(50)60/h1-47H. The highest BCUT2D eigenvalue weighted by molar-refractivity contribution is 6.08. The summed E-state index contributed by atoms with van der Waals surface area (Å²) in [7, 11) is 0. The normalized spacial score (nSPS) is 15.0. The van der Waals surface area contributed by atoms with E-state index in [0.717, 1.165) is 22.6 Å². The Kier molecular flexibility index (Phi) is 9.16. The number of nitrogens with zero attached hydrogens (tertiary/aromatic N) is 1. The molecule has 0 aliphatic heterocycles. The van der Waals surface area contributed by atoms with Crippen LogP contribution in [0.4, 0.5) is 17.1 Å². The van der Waals surface area contributed by atoms with Gasteiger partial charge in [-0.15, -0.1) is 0 Å². The van der Waals surface area contributed by atoms with Crippen LogP contribution in [0.15, 0.2) is 285 Å². The van der Waals surface area contributed by atoms with Crippen molar-refractivity contribution in [2.45, 2.75) is 10.8 Å². The van der Waals surface area contributed by atoms with E-state index in [4.69, 9.17) is 0 Å². The molecule has 3 aliphatic carbocycles. The number of anilines is 3. The molecular weight excluding hydrogens is 879 g/mol. The largest absolute Gasteiger partial charge is 0.310 e. The minimum Gasteiger partial charge on any atom is -0.310 e. The first-order valence-electron chi connectivity index (χ1n) is 25.5. The van der Waals surface area contributed by atoms with Gasteiger partial charge in [0.2, 0.25) is 0 Å². The summed E-state index contributed by atoms with van der Waals surface area (Å²) in [5.74, 6) is 0. The SMILES string of the molecule is c1ccc(-c2ccccc2N(c2ccc3c(c2)C(c2ccccc2)(c2ccccc2)c2ccccc2-3)c2ccc3c(c2)C2(c4ccccc4-c4cccc5cccc2c45)c2cccc(-c4ccccc4)c2-3)cc1. The molecule has 0 aromatic heterocycles. The topological polar surface area (TPSA) is 3.24 Å². The molecule has 1 unspecified atom stereocenters. The van der Waals surface area contributed by atoms with Crippen LogP contribution in [-0.4, -0.2) is 0 Å². The van der Waals surface area contributed by atoms with E-state index in [1.54, 1.807) is 0 Å². The molecule has 340 valence electrons. The lowest BCUT2D eigenvalue weighted by molar-refractivity contribution is 0.768. The summed E-state index contributed by atoms with van der Waals surface area (Å²) in [6.45, 7) is 0. The minimum atomic E-state index is -0.629. The van der Waals surface area contributed by atoms with E-state index in [2.05, 4.69) is 290 Å². The Hall–Kier alpha value is -9.30. The third kappa shape index (κ3) is 5.79. The molecule has 3 aliphatic rings. The van der Waals surface area contributed by atoms with E-state index >= 15 is 0 Å². The van der Waals surface area contributed by atoms with E-state index < -0.39 is 10.8 Å². The summed E-state index contributed by atoms with van der Waals surface area (Å²) < 4.78 is 0. The Balaban J connectivity index is 1.06. The van der Waals surface area contributed by atoms with Gasteiger partial charge >= 0.3 is 0 Å². The van der Waals surface area contributed by atoms with Gasteiger partial charge in [0.05, 0.1) is 16.5 Å². The minimum absolute atomic E-state index is 0.565. The van der Waals surface area contributed by atoms with E-state index in [0.29, 0.717) is 0 Å². The predicted molar refractivity (Wildman–Crippen MR) is 303 cm³/mol. The van der Waals surface area contributed by atoms with Gasteiger partial charge in [-0.25, -0.2) is 0 Å². The van der Waals surface area contributed by atoms with E-state index in [1.165, 1.54) is 105 Å². The molecule has 73 heavy (non-hydrogen) atoms. The Bertz CT molecular complexity index is 4090. The third-order valence-electron chi connectivity index (χ3n) is 16.3. The molecule has 12 aromatic rings. The second kappa shape index (κ2) is 16.1. The molecule has 1 spiro atoms. The molecule has 0 saturated carbocycles. The number of hydrogen-bond acceptors (Lipinski definition) is 1. The van der Waals surface area contributed by atoms with Crippen molar-refractivity contribution < 1.29 is 0 Å². The highest BCUT2D eigenvalue weighted by Crippen LogP contribution is 2.64. The van der Waals surface area contributed by atoms with E-state index in [9.17, 15) is 0 Å². The monoisotopic (exact) mass is 925 g/mol. The van der Waals surface area contributed by atoms with Gasteiger partial charge in [-0.1, -0.05) is 255 Å². The zero-order valence-corrected chi connectivity index (χ0v) is 40.1. The van der Waals surface area contributed by atoms with Crippen molar-refractivity contribution in [3.63, 3.8) is 0 Å². The maximum atomic E-state index is 2.55. The molecule has 1 atom stereocenters. The zero-order valence-electron chi connectivity index (χ0n) is 40.1. The second-order valence-corrected chi connectivity index (χ2v) is 19.8. The Morgan fingerprint density at radius 1 is 0.247 bits per heavy atom. The van der Waals surface area contributed by atoms with Gasteiger partial charge < -0.3 is 4.90 Å². The van der Waals surface area contributed by atoms with Crippen LogP contribution in [0, 0.1) is 0 Å². The molecule has 0 bridgehead atoms. The van der Waals surface area contributed by atoms with Crippen LogP contribution in [0.2, 0.25) is 0 Å².